The van der Waals surface area contributed by atoms with Crippen molar-refractivity contribution in [1.82, 2.24) is 0 Å². The molecule has 0 spiro atoms. The van der Waals surface area contributed by atoms with Crippen LogP contribution in [0.25, 0.3) is 0 Å². The largest absolute Gasteiger partial charge is 0.398 e. The fourth-order valence-electron chi connectivity index (χ4n) is 1.22. The van der Waals surface area contributed by atoms with Crippen LogP contribution in [0.1, 0.15) is 5.56 Å². The predicted octanol–water partition coefficient (Wildman–Crippen LogP) is 2.21. The summed E-state index contributed by atoms with van der Waals surface area (Å²) in [5.74, 6) is -0.231. The maximum atomic E-state index is 13.4. The van der Waals surface area contributed by atoms with E-state index in [1.807, 2.05) is 6.92 Å². The molecule has 1 aromatic carbocycles. The zero-order chi connectivity index (χ0) is 10.1. The minimum Gasteiger partial charge on any atom is -0.398 e. The molecule has 0 radical (unpaired) electrons. The molecule has 0 aromatic heterocycles. The number of hydrogen-bond donors (Lipinski definition) is 1. The van der Waals surface area contributed by atoms with Gasteiger partial charge < -0.3 is 10.5 Å². The quantitative estimate of drug-likeness (QED) is 0.765. The van der Waals surface area contributed by atoms with E-state index in [0.717, 1.165) is 5.56 Å². The third kappa shape index (κ3) is 1.86. The summed E-state index contributed by atoms with van der Waals surface area (Å²) in [6.45, 7) is 3.32. The van der Waals surface area contributed by atoms with Gasteiger partial charge in [0.15, 0.2) is 0 Å². The molecule has 0 unspecified atom stereocenters. The topological polar surface area (TPSA) is 35.2 Å². The Bertz CT molecular complexity index is 352. The van der Waals surface area contributed by atoms with Crippen LogP contribution in [0.4, 0.5) is 10.1 Å². The van der Waals surface area contributed by atoms with Gasteiger partial charge in [0.1, 0.15) is 5.82 Å². The van der Waals surface area contributed by atoms with Gasteiger partial charge in [-0.15, -0.1) is 11.8 Å². The van der Waals surface area contributed by atoms with Crippen molar-refractivity contribution in [2.24, 2.45) is 0 Å². The monoisotopic (exact) mass is 213 g/mol. The lowest BCUT2D eigenvalue weighted by molar-refractivity contribution is 0.0455. The van der Waals surface area contributed by atoms with Crippen molar-refractivity contribution < 1.29 is 9.13 Å². The second kappa shape index (κ2) is 3.79. The van der Waals surface area contributed by atoms with Crippen molar-refractivity contribution in [3.05, 3.63) is 23.5 Å². The third-order valence-electron chi connectivity index (χ3n) is 2.22. The normalized spacial score (nSPS) is 16.7. The smallest absolute Gasteiger partial charge is 0.138 e. The van der Waals surface area contributed by atoms with Crippen LogP contribution >= 0.6 is 11.8 Å². The molecule has 1 aliphatic rings. The van der Waals surface area contributed by atoms with Gasteiger partial charge in [-0.05, 0) is 24.6 Å². The molecule has 1 heterocycles. The van der Waals surface area contributed by atoms with Crippen molar-refractivity contribution in [3.8, 4) is 0 Å². The zero-order valence-corrected chi connectivity index (χ0v) is 8.73. The number of thioether (sulfide) groups is 1. The first-order valence-electron chi connectivity index (χ1n) is 4.47. The van der Waals surface area contributed by atoms with Gasteiger partial charge >= 0.3 is 0 Å². The molecule has 0 bridgehead atoms. The first-order valence-corrected chi connectivity index (χ1v) is 5.35. The number of anilines is 1. The van der Waals surface area contributed by atoms with E-state index in [1.165, 1.54) is 17.8 Å². The highest BCUT2D eigenvalue weighted by Gasteiger charge is 2.21. The summed E-state index contributed by atoms with van der Waals surface area (Å²) in [5, 5.41) is 0.396. The summed E-state index contributed by atoms with van der Waals surface area (Å²) in [4.78, 5) is 0.671. The highest BCUT2D eigenvalue weighted by Crippen LogP contribution is 2.32. The van der Waals surface area contributed by atoms with Gasteiger partial charge in [0.05, 0.1) is 18.5 Å². The van der Waals surface area contributed by atoms with E-state index in [9.17, 15) is 4.39 Å². The number of halogens is 1. The Morgan fingerprint density at radius 1 is 1.50 bits per heavy atom. The summed E-state index contributed by atoms with van der Waals surface area (Å²) < 4.78 is 18.4. The maximum Gasteiger partial charge on any atom is 0.138 e. The van der Waals surface area contributed by atoms with Crippen molar-refractivity contribution in [3.63, 3.8) is 0 Å². The van der Waals surface area contributed by atoms with E-state index in [1.54, 1.807) is 6.07 Å². The van der Waals surface area contributed by atoms with Crippen molar-refractivity contribution in [1.29, 1.82) is 0 Å². The number of hydrogen-bond acceptors (Lipinski definition) is 3. The number of nitrogens with two attached hydrogens (primary N) is 1. The van der Waals surface area contributed by atoms with E-state index in [2.05, 4.69) is 0 Å². The Labute approximate surface area is 86.6 Å². The molecule has 0 aliphatic carbocycles. The SMILES string of the molecule is Cc1cc(SC2COC2)c(F)cc1N. The molecule has 14 heavy (non-hydrogen) atoms. The number of nitrogen functional groups attached to an aromatic ring is 1. The summed E-state index contributed by atoms with van der Waals surface area (Å²) in [5.41, 5.74) is 7.03. The summed E-state index contributed by atoms with van der Waals surface area (Å²) in [7, 11) is 0. The lowest BCUT2D eigenvalue weighted by Crippen LogP contribution is -2.30. The lowest BCUT2D eigenvalue weighted by Gasteiger charge is -2.25. The van der Waals surface area contributed by atoms with Gasteiger partial charge in [-0.1, -0.05) is 0 Å². The third-order valence-corrected chi connectivity index (χ3v) is 3.39. The summed E-state index contributed by atoms with van der Waals surface area (Å²) in [6, 6.07) is 3.19. The molecular formula is C10H12FNOS. The molecule has 1 aromatic rings. The minimum absolute atomic E-state index is 0.231. The number of aryl methyl sites for hydroxylation is 1. The van der Waals surface area contributed by atoms with E-state index >= 15 is 0 Å². The van der Waals surface area contributed by atoms with E-state index in [4.69, 9.17) is 10.5 Å². The lowest BCUT2D eigenvalue weighted by atomic mass is 10.2. The number of ether oxygens (including phenoxy) is 1. The zero-order valence-electron chi connectivity index (χ0n) is 7.92. The number of benzene rings is 1. The average Bonchev–Trinajstić information content (AvgIpc) is 2.06. The molecular weight excluding hydrogens is 201 g/mol. The van der Waals surface area contributed by atoms with Crippen LogP contribution in [0.3, 0.4) is 0 Å². The van der Waals surface area contributed by atoms with Gasteiger partial charge in [-0.2, -0.15) is 0 Å². The molecule has 0 atom stereocenters. The highest BCUT2D eigenvalue weighted by atomic mass is 32.2. The first kappa shape index (κ1) is 9.80. The van der Waals surface area contributed by atoms with Crippen molar-refractivity contribution in [2.75, 3.05) is 18.9 Å². The fraction of sp³-hybridized carbons (Fsp3) is 0.400. The Balaban J connectivity index is 2.19. The molecule has 2 rings (SSSR count). The second-order valence-corrected chi connectivity index (χ2v) is 4.76. The van der Waals surface area contributed by atoms with Crippen LogP contribution in [0.5, 0.6) is 0 Å². The van der Waals surface area contributed by atoms with Crippen LogP contribution in [0, 0.1) is 12.7 Å². The van der Waals surface area contributed by atoms with E-state index < -0.39 is 0 Å². The average molecular weight is 213 g/mol. The summed E-state index contributed by atoms with van der Waals surface area (Å²) in [6.07, 6.45) is 0. The van der Waals surface area contributed by atoms with Crippen molar-refractivity contribution in [2.45, 2.75) is 17.1 Å². The Kier molecular flexibility index (Phi) is 2.65. The molecule has 1 fully saturated rings. The fourth-order valence-corrected chi connectivity index (χ4v) is 2.33. The standard InChI is InChI=1S/C10H12FNOS/c1-6-2-10(8(11)3-9(6)12)14-7-4-13-5-7/h2-3,7H,4-5,12H2,1H3. The van der Waals surface area contributed by atoms with Crippen LogP contribution < -0.4 is 5.73 Å². The van der Waals surface area contributed by atoms with Gasteiger partial charge in [0.2, 0.25) is 0 Å². The van der Waals surface area contributed by atoms with Crippen LogP contribution in [-0.2, 0) is 4.74 Å². The number of rotatable bonds is 2. The Hall–Kier alpha value is -0.740. The van der Waals surface area contributed by atoms with Gasteiger partial charge in [-0.3, -0.25) is 0 Å². The Morgan fingerprint density at radius 3 is 2.79 bits per heavy atom. The molecule has 2 N–H and O–H groups in total. The first-order chi connectivity index (χ1) is 6.66. The Morgan fingerprint density at radius 2 is 2.21 bits per heavy atom. The molecule has 0 amide bonds. The van der Waals surface area contributed by atoms with Crippen LogP contribution in [0.15, 0.2) is 17.0 Å². The second-order valence-electron chi connectivity index (χ2n) is 3.42. The highest BCUT2D eigenvalue weighted by molar-refractivity contribution is 8.00. The van der Waals surface area contributed by atoms with Gasteiger partial charge in [0.25, 0.3) is 0 Å². The molecule has 1 saturated heterocycles. The van der Waals surface area contributed by atoms with E-state index in [0.29, 0.717) is 29.0 Å². The van der Waals surface area contributed by atoms with Gasteiger partial charge in [-0.25, -0.2) is 4.39 Å². The maximum absolute atomic E-state index is 13.4. The molecule has 76 valence electrons. The van der Waals surface area contributed by atoms with Gasteiger partial charge in [0, 0.05) is 10.6 Å². The predicted molar refractivity (Wildman–Crippen MR) is 56.0 cm³/mol. The molecule has 1 aliphatic heterocycles. The van der Waals surface area contributed by atoms with Crippen LogP contribution in [-0.4, -0.2) is 18.5 Å². The molecule has 0 saturated carbocycles. The summed E-state index contributed by atoms with van der Waals surface area (Å²) >= 11 is 1.52. The molecule has 2 nitrogen and oxygen atoms in total. The van der Waals surface area contributed by atoms with Crippen molar-refractivity contribution >= 4 is 17.4 Å². The molecule has 4 heteroatoms. The van der Waals surface area contributed by atoms with E-state index in [-0.39, 0.29) is 5.82 Å². The van der Waals surface area contributed by atoms with Crippen LogP contribution in [0.2, 0.25) is 0 Å². The minimum atomic E-state index is -0.231.